The van der Waals surface area contributed by atoms with E-state index in [2.05, 4.69) is 10.3 Å². The fraction of sp³-hybridized carbons (Fsp3) is 0.174. The van der Waals surface area contributed by atoms with E-state index in [9.17, 15) is 9.59 Å². The molecular weight excluding hydrogens is 366 g/mol. The number of ether oxygens (including phenoxy) is 1. The SMILES string of the molecule is CCOc1ccccc1NC(=O)c1cccc(C(=O)N(C)Cc2ccccc2)n1. The van der Waals surface area contributed by atoms with Crippen LogP contribution in [0.25, 0.3) is 0 Å². The van der Waals surface area contributed by atoms with Crippen molar-refractivity contribution < 1.29 is 14.3 Å². The summed E-state index contributed by atoms with van der Waals surface area (Å²) in [7, 11) is 1.71. The van der Waals surface area contributed by atoms with Crippen LogP contribution < -0.4 is 10.1 Å². The maximum atomic E-state index is 12.7. The topological polar surface area (TPSA) is 71.5 Å². The fourth-order valence-corrected chi connectivity index (χ4v) is 2.84. The van der Waals surface area contributed by atoms with Gasteiger partial charge in [0, 0.05) is 13.6 Å². The zero-order valence-electron chi connectivity index (χ0n) is 16.5. The summed E-state index contributed by atoms with van der Waals surface area (Å²) in [5.74, 6) is -0.0751. The first-order valence-corrected chi connectivity index (χ1v) is 9.38. The number of aromatic nitrogens is 1. The van der Waals surface area contributed by atoms with Gasteiger partial charge in [-0.15, -0.1) is 0 Å². The summed E-state index contributed by atoms with van der Waals surface area (Å²) in [5.41, 5.74) is 1.95. The van der Waals surface area contributed by atoms with Gasteiger partial charge in [-0.05, 0) is 36.8 Å². The average molecular weight is 389 g/mol. The van der Waals surface area contributed by atoms with Gasteiger partial charge < -0.3 is 15.0 Å². The van der Waals surface area contributed by atoms with Gasteiger partial charge in [0.05, 0.1) is 12.3 Å². The normalized spacial score (nSPS) is 10.3. The van der Waals surface area contributed by atoms with Crippen LogP contribution in [0.5, 0.6) is 5.75 Å². The smallest absolute Gasteiger partial charge is 0.274 e. The first-order chi connectivity index (χ1) is 14.1. The number of rotatable bonds is 7. The van der Waals surface area contributed by atoms with Crippen molar-refractivity contribution in [1.29, 1.82) is 0 Å². The summed E-state index contributed by atoms with van der Waals surface area (Å²) in [6, 6.07) is 21.7. The molecule has 0 bridgehead atoms. The van der Waals surface area contributed by atoms with Crippen molar-refractivity contribution in [1.82, 2.24) is 9.88 Å². The molecule has 0 spiro atoms. The number of anilines is 1. The predicted octanol–water partition coefficient (Wildman–Crippen LogP) is 4.00. The summed E-state index contributed by atoms with van der Waals surface area (Å²) >= 11 is 0. The van der Waals surface area contributed by atoms with Gasteiger partial charge in [0.1, 0.15) is 17.1 Å². The Morgan fingerprint density at radius 1 is 0.931 bits per heavy atom. The van der Waals surface area contributed by atoms with Crippen molar-refractivity contribution in [3.63, 3.8) is 0 Å². The predicted molar refractivity (Wildman–Crippen MR) is 112 cm³/mol. The van der Waals surface area contributed by atoms with Crippen LogP contribution in [0.3, 0.4) is 0 Å². The lowest BCUT2D eigenvalue weighted by molar-refractivity contribution is 0.0779. The Morgan fingerprint density at radius 2 is 1.62 bits per heavy atom. The van der Waals surface area contributed by atoms with Crippen LogP contribution in [0.15, 0.2) is 72.8 Å². The molecule has 3 rings (SSSR count). The number of hydrogen-bond donors (Lipinski definition) is 1. The Morgan fingerprint density at radius 3 is 2.38 bits per heavy atom. The molecule has 1 heterocycles. The zero-order valence-corrected chi connectivity index (χ0v) is 16.5. The van der Waals surface area contributed by atoms with Crippen LogP contribution in [-0.2, 0) is 6.54 Å². The Bertz CT molecular complexity index is 989. The molecule has 0 fully saturated rings. The third-order valence-corrected chi connectivity index (χ3v) is 4.25. The lowest BCUT2D eigenvalue weighted by Crippen LogP contribution is -2.27. The minimum absolute atomic E-state index is 0.162. The highest BCUT2D eigenvalue weighted by atomic mass is 16.5. The molecule has 0 atom stereocenters. The standard InChI is InChI=1S/C23H23N3O3/c1-3-29-21-15-8-7-12-18(21)25-22(27)19-13-9-14-20(24-19)23(28)26(2)16-17-10-5-4-6-11-17/h4-15H,3,16H2,1-2H3,(H,25,27). The van der Waals surface area contributed by atoms with E-state index in [1.165, 1.54) is 0 Å². The van der Waals surface area contributed by atoms with Crippen LogP contribution in [0.1, 0.15) is 33.5 Å². The first-order valence-electron chi connectivity index (χ1n) is 9.38. The zero-order chi connectivity index (χ0) is 20.6. The highest BCUT2D eigenvalue weighted by Crippen LogP contribution is 2.24. The minimum Gasteiger partial charge on any atom is -0.492 e. The highest BCUT2D eigenvalue weighted by molar-refractivity contribution is 6.04. The summed E-state index contributed by atoms with van der Waals surface area (Å²) in [6.07, 6.45) is 0. The minimum atomic E-state index is -0.405. The Labute approximate surface area is 170 Å². The van der Waals surface area contributed by atoms with E-state index in [1.54, 1.807) is 42.3 Å². The van der Waals surface area contributed by atoms with Gasteiger partial charge in [-0.1, -0.05) is 48.5 Å². The van der Waals surface area contributed by atoms with Crippen molar-refractivity contribution in [2.24, 2.45) is 0 Å². The van der Waals surface area contributed by atoms with Gasteiger partial charge in [-0.3, -0.25) is 9.59 Å². The molecule has 1 N–H and O–H groups in total. The summed E-state index contributed by atoms with van der Waals surface area (Å²) < 4.78 is 5.53. The summed E-state index contributed by atoms with van der Waals surface area (Å²) in [4.78, 5) is 31.2. The Kier molecular flexibility index (Phi) is 6.58. The lowest BCUT2D eigenvalue weighted by Gasteiger charge is -2.17. The molecule has 0 saturated heterocycles. The van der Waals surface area contributed by atoms with Gasteiger partial charge >= 0.3 is 0 Å². The monoisotopic (exact) mass is 389 g/mol. The van der Waals surface area contributed by atoms with E-state index >= 15 is 0 Å². The van der Waals surface area contributed by atoms with E-state index in [4.69, 9.17) is 4.74 Å². The maximum absolute atomic E-state index is 12.7. The van der Waals surface area contributed by atoms with Crippen molar-refractivity contribution in [3.8, 4) is 5.75 Å². The molecule has 29 heavy (non-hydrogen) atoms. The molecule has 6 heteroatoms. The first kappa shape index (κ1) is 20.1. The molecule has 0 aliphatic rings. The molecule has 2 amide bonds. The number of carbonyl (C=O) groups excluding carboxylic acids is 2. The van der Waals surface area contributed by atoms with E-state index < -0.39 is 5.91 Å². The van der Waals surface area contributed by atoms with Gasteiger partial charge in [-0.25, -0.2) is 4.98 Å². The van der Waals surface area contributed by atoms with Crippen LogP contribution >= 0.6 is 0 Å². The number of benzene rings is 2. The van der Waals surface area contributed by atoms with Gasteiger partial charge in [0.25, 0.3) is 11.8 Å². The molecule has 0 aliphatic heterocycles. The van der Waals surface area contributed by atoms with Crippen LogP contribution in [0.2, 0.25) is 0 Å². The maximum Gasteiger partial charge on any atom is 0.274 e. The molecule has 0 saturated carbocycles. The average Bonchev–Trinajstić information content (AvgIpc) is 2.75. The molecule has 148 valence electrons. The van der Waals surface area contributed by atoms with E-state index in [0.717, 1.165) is 5.56 Å². The van der Waals surface area contributed by atoms with Crippen molar-refractivity contribution >= 4 is 17.5 Å². The second kappa shape index (κ2) is 9.50. The number of nitrogens with one attached hydrogen (secondary N) is 1. The summed E-state index contributed by atoms with van der Waals surface area (Å²) in [5, 5.41) is 2.80. The van der Waals surface area contributed by atoms with Crippen molar-refractivity contribution in [3.05, 3.63) is 89.7 Å². The van der Waals surface area contributed by atoms with Crippen LogP contribution in [0, 0.1) is 0 Å². The number of nitrogens with zero attached hydrogens (tertiary/aromatic N) is 2. The van der Waals surface area contributed by atoms with Crippen LogP contribution in [0.4, 0.5) is 5.69 Å². The van der Waals surface area contributed by atoms with Crippen LogP contribution in [-0.4, -0.2) is 35.4 Å². The van der Waals surface area contributed by atoms with Crippen molar-refractivity contribution in [2.75, 3.05) is 19.0 Å². The quantitative estimate of drug-likeness (QED) is 0.663. The lowest BCUT2D eigenvalue weighted by atomic mass is 10.2. The van der Waals surface area contributed by atoms with E-state index in [0.29, 0.717) is 24.6 Å². The van der Waals surface area contributed by atoms with Crippen molar-refractivity contribution in [2.45, 2.75) is 13.5 Å². The van der Waals surface area contributed by atoms with Gasteiger partial charge in [0.15, 0.2) is 0 Å². The summed E-state index contributed by atoms with van der Waals surface area (Å²) in [6.45, 7) is 2.82. The molecular formula is C23H23N3O3. The number of carbonyl (C=O) groups is 2. The largest absolute Gasteiger partial charge is 0.492 e. The van der Waals surface area contributed by atoms with Gasteiger partial charge in [-0.2, -0.15) is 0 Å². The Balaban J connectivity index is 1.73. The second-order valence-corrected chi connectivity index (χ2v) is 6.44. The third kappa shape index (κ3) is 5.19. The molecule has 6 nitrogen and oxygen atoms in total. The molecule has 1 aromatic heterocycles. The van der Waals surface area contributed by atoms with Gasteiger partial charge in [0.2, 0.25) is 0 Å². The number of pyridine rings is 1. The Hall–Kier alpha value is -3.67. The second-order valence-electron chi connectivity index (χ2n) is 6.44. The number of amides is 2. The van der Waals surface area contributed by atoms with E-state index in [1.807, 2.05) is 49.4 Å². The molecule has 0 radical (unpaired) electrons. The number of para-hydroxylation sites is 2. The molecule has 0 aliphatic carbocycles. The molecule has 3 aromatic rings. The van der Waals surface area contributed by atoms with E-state index in [-0.39, 0.29) is 17.3 Å². The highest BCUT2D eigenvalue weighted by Gasteiger charge is 2.17. The molecule has 2 aromatic carbocycles. The molecule has 0 unspecified atom stereocenters. The fourth-order valence-electron chi connectivity index (χ4n) is 2.84. The third-order valence-electron chi connectivity index (χ3n) is 4.25. The number of hydrogen-bond acceptors (Lipinski definition) is 4.